The van der Waals surface area contributed by atoms with Gasteiger partial charge in [-0.05, 0) is 83.0 Å². The number of rotatable bonds is 10. The first-order chi connectivity index (χ1) is 34.5. The monoisotopic (exact) mass is 946 g/mol. The van der Waals surface area contributed by atoms with Crippen molar-refractivity contribution in [1.29, 1.82) is 0 Å². The summed E-state index contributed by atoms with van der Waals surface area (Å²) in [6.07, 6.45) is 0.580. The average molecular weight is 947 g/mol. The number of esters is 4. The molecule has 0 amide bonds. The van der Waals surface area contributed by atoms with Crippen LogP contribution >= 0.6 is 0 Å². The summed E-state index contributed by atoms with van der Waals surface area (Å²) in [4.78, 5) is 67.6. The highest BCUT2D eigenvalue weighted by Gasteiger charge is 2.54. The highest BCUT2D eigenvalue weighted by Crippen LogP contribution is 2.39. The van der Waals surface area contributed by atoms with Gasteiger partial charge in [0.05, 0.1) is 22.8 Å². The summed E-state index contributed by atoms with van der Waals surface area (Å²) in [5.74, 6) is -2.88. The largest absolute Gasteiger partial charge is 0.461 e. The standard InChI is InChI=1S/C57H46N4O10/c1-32(62)66-53-54(67-33(2)63)56(69-35(4)65)71-57(55(53)68-34(3)64)70-40-22-20-39(21-23-40)52-47-30-28-45(60-47)50(37-16-10-6-11-17-37)43-26-24-41(58-43)49(36-14-8-5-9-15-36)42-25-27-44(59-42)51(38-18-12-7-13-19-38)46-29-31-48(52)61-46/h5-31,53-58,61H,1-4H3/t53-,54-,55+,56-,57?/m0/s1. The first kappa shape index (κ1) is 45.9. The van der Waals surface area contributed by atoms with Crippen LogP contribution in [0.25, 0.3) is 90.9 Å². The van der Waals surface area contributed by atoms with E-state index in [9.17, 15) is 19.2 Å². The Hall–Kier alpha value is -8.88. The van der Waals surface area contributed by atoms with Crippen molar-refractivity contribution in [2.75, 3.05) is 0 Å². The smallest absolute Gasteiger partial charge is 0.305 e. The molecule has 10 rings (SSSR count). The van der Waals surface area contributed by atoms with Gasteiger partial charge in [0.1, 0.15) is 5.75 Å². The molecule has 3 aliphatic rings. The lowest BCUT2D eigenvalue weighted by atomic mass is 10.0. The topological polar surface area (TPSA) is 181 Å². The number of aromatic amines is 2. The Morgan fingerprint density at radius 3 is 1.07 bits per heavy atom. The van der Waals surface area contributed by atoms with E-state index in [4.69, 9.17) is 38.4 Å². The van der Waals surface area contributed by atoms with E-state index < -0.39 is 54.8 Å². The van der Waals surface area contributed by atoms with Crippen molar-refractivity contribution in [1.82, 2.24) is 19.9 Å². The van der Waals surface area contributed by atoms with Crippen LogP contribution in [0.4, 0.5) is 0 Å². The van der Waals surface area contributed by atoms with Crippen LogP contribution in [0.2, 0.25) is 0 Å². The van der Waals surface area contributed by atoms with E-state index in [1.54, 1.807) is 12.1 Å². The van der Waals surface area contributed by atoms with Crippen molar-refractivity contribution in [2.45, 2.75) is 58.6 Å². The summed E-state index contributed by atoms with van der Waals surface area (Å²) in [7, 11) is 0. The highest BCUT2D eigenvalue weighted by molar-refractivity contribution is 5.99. The van der Waals surface area contributed by atoms with E-state index in [0.29, 0.717) is 5.69 Å². The Morgan fingerprint density at radius 1 is 0.394 bits per heavy atom. The van der Waals surface area contributed by atoms with Crippen LogP contribution in [0.1, 0.15) is 50.5 Å². The van der Waals surface area contributed by atoms with Gasteiger partial charge in [0, 0.05) is 72.0 Å². The van der Waals surface area contributed by atoms with Crippen molar-refractivity contribution in [3.05, 3.63) is 162 Å². The lowest BCUT2D eigenvalue weighted by Gasteiger charge is -2.43. The molecule has 3 aliphatic heterocycles. The van der Waals surface area contributed by atoms with Crippen molar-refractivity contribution in [3.63, 3.8) is 0 Å². The summed E-state index contributed by atoms with van der Waals surface area (Å²) in [6, 6.07) is 45.9. The van der Waals surface area contributed by atoms with Crippen LogP contribution < -0.4 is 4.74 Å². The molecular formula is C57H46N4O10. The fourth-order valence-electron chi connectivity index (χ4n) is 9.16. The Morgan fingerprint density at radius 2 is 0.718 bits per heavy atom. The molecule has 4 aromatic carbocycles. The molecule has 71 heavy (non-hydrogen) atoms. The van der Waals surface area contributed by atoms with Crippen molar-refractivity contribution in [3.8, 4) is 50.3 Å². The number of H-pyrrole nitrogens is 2. The van der Waals surface area contributed by atoms with E-state index in [-0.39, 0.29) is 5.75 Å². The van der Waals surface area contributed by atoms with E-state index >= 15 is 0 Å². The van der Waals surface area contributed by atoms with Crippen LogP contribution in [0, 0.1) is 0 Å². The van der Waals surface area contributed by atoms with E-state index in [1.165, 1.54) is 0 Å². The number of fused-ring (bicyclic) bond motifs is 8. The van der Waals surface area contributed by atoms with Gasteiger partial charge < -0.3 is 33.7 Å². The van der Waals surface area contributed by atoms with Gasteiger partial charge >= 0.3 is 23.9 Å². The van der Waals surface area contributed by atoms with Gasteiger partial charge in [0.15, 0.2) is 6.10 Å². The molecule has 1 unspecified atom stereocenters. The van der Waals surface area contributed by atoms with Crippen LogP contribution in [-0.4, -0.2) is 74.7 Å². The van der Waals surface area contributed by atoms with Gasteiger partial charge in [-0.15, -0.1) is 0 Å². The normalized spacial score (nSPS) is 18.1. The number of aromatic nitrogens is 4. The zero-order chi connectivity index (χ0) is 49.2. The molecule has 0 aliphatic carbocycles. The van der Waals surface area contributed by atoms with Gasteiger partial charge in [0.2, 0.25) is 24.8 Å². The number of hydrogen-bond donors (Lipinski definition) is 2. The lowest BCUT2D eigenvalue weighted by molar-refractivity contribution is -0.328. The summed E-state index contributed by atoms with van der Waals surface area (Å²) in [6.45, 7) is 4.55. The molecule has 1 fully saturated rings. The maximum atomic E-state index is 12.5. The second-order valence-corrected chi connectivity index (χ2v) is 16.9. The number of benzene rings is 4. The molecular weight excluding hydrogens is 901 g/mol. The number of nitrogens with zero attached hydrogens (tertiary/aromatic N) is 2. The second kappa shape index (κ2) is 19.6. The Balaban J connectivity index is 1.16. The van der Waals surface area contributed by atoms with Crippen LogP contribution in [0.15, 0.2) is 140 Å². The zero-order valence-electron chi connectivity index (χ0n) is 39.0. The van der Waals surface area contributed by atoms with Crippen molar-refractivity contribution >= 4 is 70.2 Å². The van der Waals surface area contributed by atoms with Gasteiger partial charge in [-0.3, -0.25) is 23.9 Å². The number of carbonyl (C=O) groups is 4. The Kier molecular flexibility index (Phi) is 12.7. The Bertz CT molecular complexity index is 3380. The van der Waals surface area contributed by atoms with Gasteiger partial charge in [-0.25, -0.2) is 9.97 Å². The molecule has 7 aromatic rings. The summed E-state index contributed by atoms with van der Waals surface area (Å²) < 4.78 is 34.3. The quantitative estimate of drug-likeness (QED) is 0.0979. The second-order valence-electron chi connectivity index (χ2n) is 16.9. The number of nitrogens with one attached hydrogen (secondary N) is 2. The SMILES string of the molecule is CC(=O)O[C@H]1OC(Oc2ccc(-c3c4nc(c(-c5ccccc5)c5ccc([nH]5)c(-c5ccccc5)c5nc(c(-c6ccccc6)c6ccc3[nH]6)C=C5)C=C4)cc2)[C@H](OC(C)=O)[C@@H](OC(C)=O)[C@@H]1OC(C)=O. The summed E-state index contributed by atoms with van der Waals surface area (Å²) in [5, 5.41) is 0. The maximum Gasteiger partial charge on any atom is 0.305 e. The maximum absolute atomic E-state index is 12.5. The molecule has 354 valence electrons. The van der Waals surface area contributed by atoms with Crippen LogP contribution in [-0.2, 0) is 42.9 Å². The molecule has 14 nitrogen and oxygen atoms in total. The van der Waals surface area contributed by atoms with Crippen molar-refractivity contribution < 1.29 is 47.6 Å². The molecule has 6 heterocycles. The molecule has 3 aromatic heterocycles. The van der Waals surface area contributed by atoms with E-state index in [2.05, 4.69) is 70.7 Å². The third-order valence-corrected chi connectivity index (χ3v) is 12.0. The summed E-state index contributed by atoms with van der Waals surface area (Å²) >= 11 is 0. The minimum absolute atomic E-state index is 0.244. The first-order valence-electron chi connectivity index (χ1n) is 22.9. The molecule has 0 radical (unpaired) electrons. The molecule has 0 saturated carbocycles. The number of hydrogen-bond acceptors (Lipinski definition) is 12. The number of ether oxygens (including phenoxy) is 6. The van der Waals surface area contributed by atoms with Gasteiger partial charge in [-0.1, -0.05) is 103 Å². The third kappa shape index (κ3) is 9.61. The van der Waals surface area contributed by atoms with E-state index in [0.717, 1.165) is 111 Å². The van der Waals surface area contributed by atoms with Crippen LogP contribution in [0.5, 0.6) is 5.75 Å². The van der Waals surface area contributed by atoms with Crippen molar-refractivity contribution in [2.24, 2.45) is 0 Å². The molecule has 2 N–H and O–H groups in total. The first-order valence-corrected chi connectivity index (χ1v) is 22.9. The predicted octanol–water partition coefficient (Wildman–Crippen LogP) is 10.7. The molecule has 0 spiro atoms. The summed E-state index contributed by atoms with van der Waals surface area (Å²) in [5.41, 5.74) is 13.6. The minimum Gasteiger partial charge on any atom is -0.461 e. The zero-order valence-corrected chi connectivity index (χ0v) is 39.0. The third-order valence-electron chi connectivity index (χ3n) is 12.0. The van der Waals surface area contributed by atoms with E-state index in [1.807, 2.05) is 91.0 Å². The Labute approximate surface area is 407 Å². The molecule has 14 heteroatoms. The molecule has 1 saturated heterocycles. The lowest BCUT2D eigenvalue weighted by Crippen LogP contribution is -2.63. The molecule has 8 bridgehead atoms. The average Bonchev–Trinajstić information content (AvgIpc) is 4.21. The fourth-order valence-corrected chi connectivity index (χ4v) is 9.16. The molecule has 5 atom stereocenters. The minimum atomic E-state index is -1.60. The van der Waals surface area contributed by atoms with Crippen LogP contribution in [0.3, 0.4) is 0 Å². The predicted molar refractivity (Wildman–Crippen MR) is 268 cm³/mol. The van der Waals surface area contributed by atoms with Gasteiger partial charge in [-0.2, -0.15) is 0 Å². The fraction of sp³-hybridized carbons (Fsp3) is 0.158. The number of carbonyl (C=O) groups excluding carboxylic acids is 4. The highest BCUT2D eigenvalue weighted by atomic mass is 16.8. The van der Waals surface area contributed by atoms with Gasteiger partial charge in [0.25, 0.3) is 0 Å².